The number of carboxylic acid groups (broad SMARTS) is 1. The van der Waals surface area contributed by atoms with Crippen LogP contribution < -0.4 is 5.32 Å². The van der Waals surface area contributed by atoms with Gasteiger partial charge in [-0.1, -0.05) is 13.8 Å². The molecule has 1 aliphatic heterocycles. The number of hydrogen-bond acceptors (Lipinski definition) is 4. The molecule has 106 valence electrons. The van der Waals surface area contributed by atoms with Crippen LogP contribution in [0.25, 0.3) is 0 Å². The van der Waals surface area contributed by atoms with Crippen LogP contribution in [-0.2, 0) is 4.79 Å². The second kappa shape index (κ2) is 7.07. The van der Waals surface area contributed by atoms with Gasteiger partial charge in [0.2, 0.25) is 0 Å². The van der Waals surface area contributed by atoms with Gasteiger partial charge in [-0.15, -0.1) is 0 Å². The molecule has 5 heteroatoms. The predicted molar refractivity (Wildman–Crippen MR) is 72.8 cm³/mol. The molecule has 2 N–H and O–H groups in total. The van der Waals surface area contributed by atoms with Crippen molar-refractivity contribution in [2.45, 2.75) is 44.8 Å². The number of likely N-dealkylation sites (N-methyl/N-ethyl adjacent to an activating group) is 1. The fraction of sp³-hybridized carbons (Fsp3) is 0.923. The summed E-state index contributed by atoms with van der Waals surface area (Å²) in [7, 11) is 4.17. The zero-order valence-electron chi connectivity index (χ0n) is 12.0. The van der Waals surface area contributed by atoms with Gasteiger partial charge in [0.1, 0.15) is 6.04 Å². The monoisotopic (exact) mass is 257 g/mol. The van der Waals surface area contributed by atoms with Gasteiger partial charge in [-0.25, -0.2) is 0 Å². The fourth-order valence-electron chi connectivity index (χ4n) is 2.48. The molecule has 5 nitrogen and oxygen atoms in total. The molecule has 0 bridgehead atoms. The number of nitrogens with zero attached hydrogens (tertiary/aromatic N) is 2. The molecule has 1 unspecified atom stereocenters. The van der Waals surface area contributed by atoms with Crippen LogP contribution in [0.4, 0.5) is 0 Å². The van der Waals surface area contributed by atoms with Crippen molar-refractivity contribution >= 4 is 5.97 Å². The molecule has 1 fully saturated rings. The van der Waals surface area contributed by atoms with Gasteiger partial charge in [-0.3, -0.25) is 4.79 Å². The number of nitrogens with one attached hydrogen (secondary N) is 1. The Hall–Kier alpha value is -0.650. The largest absolute Gasteiger partial charge is 0.480 e. The summed E-state index contributed by atoms with van der Waals surface area (Å²) in [6.45, 7) is 6.73. The smallest absolute Gasteiger partial charge is 0.322 e. The predicted octanol–water partition coefficient (Wildman–Crippen LogP) is 0.464. The van der Waals surface area contributed by atoms with E-state index < -0.39 is 12.0 Å². The molecule has 0 amide bonds. The first-order valence-electron chi connectivity index (χ1n) is 6.77. The van der Waals surface area contributed by atoms with E-state index in [-0.39, 0.29) is 6.04 Å². The summed E-state index contributed by atoms with van der Waals surface area (Å²) in [5.41, 5.74) is 0. The van der Waals surface area contributed by atoms with E-state index in [2.05, 4.69) is 22.2 Å². The molecular formula is C13H27N3O2. The maximum Gasteiger partial charge on any atom is 0.322 e. The van der Waals surface area contributed by atoms with Gasteiger partial charge in [-0.05, 0) is 40.0 Å². The van der Waals surface area contributed by atoms with Crippen LogP contribution in [0.2, 0.25) is 0 Å². The highest BCUT2D eigenvalue weighted by molar-refractivity contribution is 5.73. The molecule has 0 spiro atoms. The Morgan fingerprint density at radius 3 is 2.44 bits per heavy atom. The van der Waals surface area contributed by atoms with E-state index in [1.54, 1.807) is 0 Å². The Kier molecular flexibility index (Phi) is 6.05. The van der Waals surface area contributed by atoms with E-state index >= 15 is 0 Å². The number of aliphatic carboxylic acids is 1. The molecule has 0 radical (unpaired) electrons. The summed E-state index contributed by atoms with van der Waals surface area (Å²) in [6.07, 6.45) is 2.25. The maximum atomic E-state index is 11.2. The Labute approximate surface area is 110 Å². The third kappa shape index (κ3) is 4.92. The molecular weight excluding hydrogens is 230 g/mol. The van der Waals surface area contributed by atoms with E-state index in [4.69, 9.17) is 0 Å². The van der Waals surface area contributed by atoms with Gasteiger partial charge in [0.25, 0.3) is 0 Å². The lowest BCUT2D eigenvalue weighted by Crippen LogP contribution is -2.51. The van der Waals surface area contributed by atoms with Crippen molar-refractivity contribution in [1.82, 2.24) is 15.1 Å². The maximum absolute atomic E-state index is 11.2. The topological polar surface area (TPSA) is 55.8 Å². The highest BCUT2D eigenvalue weighted by Crippen LogP contribution is 2.14. The minimum Gasteiger partial charge on any atom is -0.480 e. The first-order valence-corrected chi connectivity index (χ1v) is 6.77. The van der Waals surface area contributed by atoms with Gasteiger partial charge in [-0.2, -0.15) is 0 Å². The van der Waals surface area contributed by atoms with E-state index in [9.17, 15) is 9.90 Å². The quantitative estimate of drug-likeness (QED) is 0.724. The van der Waals surface area contributed by atoms with Crippen molar-refractivity contribution in [3.8, 4) is 0 Å². The lowest BCUT2D eigenvalue weighted by Gasteiger charge is -2.36. The summed E-state index contributed by atoms with van der Waals surface area (Å²) in [5.74, 6) is -0.761. The van der Waals surface area contributed by atoms with Crippen molar-refractivity contribution in [3.63, 3.8) is 0 Å². The zero-order valence-corrected chi connectivity index (χ0v) is 12.0. The Balaban J connectivity index is 2.45. The average Bonchev–Trinajstić information content (AvgIpc) is 2.28. The molecule has 1 rings (SSSR count). The second-order valence-electron chi connectivity index (χ2n) is 5.69. The molecule has 0 aromatic heterocycles. The minimum absolute atomic E-state index is 0.192. The van der Waals surface area contributed by atoms with Crippen molar-refractivity contribution in [2.75, 3.05) is 33.7 Å². The van der Waals surface area contributed by atoms with Crippen molar-refractivity contribution in [1.29, 1.82) is 0 Å². The molecule has 0 aromatic rings. The molecule has 0 aromatic carbocycles. The molecule has 1 aliphatic rings. The molecule has 18 heavy (non-hydrogen) atoms. The minimum atomic E-state index is -0.761. The van der Waals surface area contributed by atoms with Crippen LogP contribution in [0.1, 0.15) is 26.7 Å². The van der Waals surface area contributed by atoms with Crippen LogP contribution in [0.5, 0.6) is 0 Å². The summed E-state index contributed by atoms with van der Waals surface area (Å²) >= 11 is 0. The summed E-state index contributed by atoms with van der Waals surface area (Å²) in [5, 5.41) is 12.3. The van der Waals surface area contributed by atoms with Crippen LogP contribution in [-0.4, -0.2) is 72.7 Å². The molecule has 1 saturated heterocycles. The van der Waals surface area contributed by atoms with E-state index in [0.717, 1.165) is 25.9 Å². The zero-order chi connectivity index (χ0) is 13.7. The Morgan fingerprint density at radius 1 is 1.44 bits per heavy atom. The fourth-order valence-corrected chi connectivity index (χ4v) is 2.48. The van der Waals surface area contributed by atoms with Crippen molar-refractivity contribution in [2.24, 2.45) is 0 Å². The van der Waals surface area contributed by atoms with Gasteiger partial charge < -0.3 is 20.2 Å². The number of carboxylic acids is 1. The first kappa shape index (κ1) is 15.4. The number of carbonyl (C=O) groups is 1. The van der Waals surface area contributed by atoms with E-state index in [1.165, 1.54) is 0 Å². The van der Waals surface area contributed by atoms with Gasteiger partial charge in [0.05, 0.1) is 0 Å². The van der Waals surface area contributed by atoms with Crippen LogP contribution in [0.3, 0.4) is 0 Å². The molecule has 1 atom stereocenters. The molecule has 1 heterocycles. The van der Waals surface area contributed by atoms with E-state index in [1.807, 2.05) is 20.9 Å². The normalized spacial score (nSPS) is 20.6. The van der Waals surface area contributed by atoms with Gasteiger partial charge in [0.15, 0.2) is 0 Å². The second-order valence-corrected chi connectivity index (χ2v) is 5.69. The average molecular weight is 257 g/mol. The summed E-state index contributed by atoms with van der Waals surface area (Å²) in [4.78, 5) is 15.7. The SMILES string of the molecule is CC(C)NC(CN(C)C1CCN(C)CC1)C(=O)O. The third-order valence-electron chi connectivity index (χ3n) is 3.61. The lowest BCUT2D eigenvalue weighted by molar-refractivity contribution is -0.140. The standard InChI is InChI=1S/C13H27N3O2/c1-10(2)14-12(13(17)18)9-16(4)11-5-7-15(3)8-6-11/h10-12,14H,5-9H2,1-4H3,(H,17,18). The van der Waals surface area contributed by atoms with Crippen LogP contribution in [0.15, 0.2) is 0 Å². The highest BCUT2D eigenvalue weighted by atomic mass is 16.4. The van der Waals surface area contributed by atoms with Crippen molar-refractivity contribution < 1.29 is 9.90 Å². The highest BCUT2D eigenvalue weighted by Gasteiger charge is 2.25. The number of piperidine rings is 1. The summed E-state index contributed by atoms with van der Waals surface area (Å²) < 4.78 is 0. The third-order valence-corrected chi connectivity index (χ3v) is 3.61. The van der Waals surface area contributed by atoms with Crippen LogP contribution >= 0.6 is 0 Å². The molecule has 0 aliphatic carbocycles. The Morgan fingerprint density at radius 2 is 2.00 bits per heavy atom. The number of rotatable bonds is 6. The Bertz CT molecular complexity index is 263. The number of likely N-dealkylation sites (tertiary alicyclic amines) is 1. The van der Waals surface area contributed by atoms with Crippen molar-refractivity contribution in [3.05, 3.63) is 0 Å². The van der Waals surface area contributed by atoms with E-state index in [0.29, 0.717) is 12.6 Å². The van der Waals surface area contributed by atoms with Crippen LogP contribution in [0, 0.1) is 0 Å². The lowest BCUT2D eigenvalue weighted by atomic mass is 10.0. The molecule has 0 saturated carbocycles. The van der Waals surface area contributed by atoms with Gasteiger partial charge in [0, 0.05) is 18.6 Å². The summed E-state index contributed by atoms with van der Waals surface area (Å²) in [6, 6.07) is 0.226. The number of hydrogen-bond donors (Lipinski definition) is 2. The van der Waals surface area contributed by atoms with Gasteiger partial charge >= 0.3 is 5.97 Å². The first-order chi connectivity index (χ1) is 8.40.